The molecule has 256 valence electrons. The van der Waals surface area contributed by atoms with Crippen LogP contribution in [0.15, 0.2) is 54.6 Å². The molecule has 0 unspecified atom stereocenters. The fourth-order valence-corrected chi connectivity index (χ4v) is 7.64. The monoisotopic (exact) mass is 676 g/mol. The highest BCUT2D eigenvalue weighted by atomic mass is 35.5. The molecule has 0 bridgehead atoms. The minimum atomic E-state index is -0.595. The Balaban J connectivity index is 1.22. The van der Waals surface area contributed by atoms with Crippen molar-refractivity contribution < 1.29 is 23.5 Å². The normalized spacial score (nSPS) is 21.8. The lowest BCUT2D eigenvalue weighted by atomic mass is 9.84. The number of anilines is 2. The van der Waals surface area contributed by atoms with Gasteiger partial charge in [-0.25, -0.2) is 4.39 Å². The summed E-state index contributed by atoms with van der Waals surface area (Å²) in [6.45, 7) is 6.96. The molecule has 0 aromatic heterocycles. The Hall–Kier alpha value is -3.82. The maximum atomic E-state index is 16.2. The first-order valence-corrected chi connectivity index (χ1v) is 17.3. The van der Waals surface area contributed by atoms with Crippen LogP contribution >= 0.6 is 11.6 Å². The highest BCUT2D eigenvalue weighted by Gasteiger charge is 2.38. The zero-order valence-electron chi connectivity index (χ0n) is 28.5. The number of piperazine rings is 1. The first kappa shape index (κ1) is 34.1. The second-order valence-electron chi connectivity index (χ2n) is 13.7. The lowest BCUT2D eigenvalue weighted by Crippen LogP contribution is -2.53. The average molecular weight is 677 g/mol. The quantitative estimate of drug-likeness (QED) is 0.251. The van der Waals surface area contributed by atoms with Crippen molar-refractivity contribution in [3.05, 3.63) is 82.1 Å². The lowest BCUT2D eigenvalue weighted by Gasteiger charge is -2.41. The molecule has 0 N–H and O–H groups in total. The van der Waals surface area contributed by atoms with E-state index in [-0.39, 0.29) is 30.0 Å². The number of fused-ring (bicyclic) bond motifs is 1. The lowest BCUT2D eigenvalue weighted by molar-refractivity contribution is -0.135. The van der Waals surface area contributed by atoms with Crippen LogP contribution in [-0.4, -0.2) is 81.1 Å². The summed E-state index contributed by atoms with van der Waals surface area (Å²) in [5.41, 5.74) is 3.48. The molecule has 3 aromatic rings. The number of rotatable bonds is 9. The molecule has 3 aliphatic rings. The minimum Gasteiger partial charge on any atom is -0.493 e. The number of amides is 2. The van der Waals surface area contributed by atoms with E-state index in [1.165, 1.54) is 0 Å². The molecule has 48 heavy (non-hydrogen) atoms. The number of likely N-dealkylation sites (N-methyl/N-ethyl adjacent to an activating group) is 1. The molecule has 0 radical (unpaired) electrons. The molecule has 1 saturated heterocycles. The molecule has 0 spiro atoms. The molecule has 1 atom stereocenters. The van der Waals surface area contributed by atoms with Gasteiger partial charge < -0.3 is 19.3 Å². The second kappa shape index (κ2) is 14.3. The Morgan fingerprint density at radius 3 is 2.33 bits per heavy atom. The fourth-order valence-electron chi connectivity index (χ4n) is 7.51. The van der Waals surface area contributed by atoms with Gasteiger partial charge in [0.1, 0.15) is 5.82 Å². The van der Waals surface area contributed by atoms with Gasteiger partial charge in [0.25, 0.3) is 0 Å². The van der Waals surface area contributed by atoms with Crippen LogP contribution in [0, 0.1) is 11.7 Å². The fraction of sp³-hybridized carbons (Fsp3) is 0.474. The van der Waals surface area contributed by atoms with Crippen molar-refractivity contribution in [2.75, 3.05) is 57.2 Å². The highest BCUT2D eigenvalue weighted by molar-refractivity contribution is 6.30. The van der Waals surface area contributed by atoms with Crippen LogP contribution in [0.5, 0.6) is 11.5 Å². The van der Waals surface area contributed by atoms with Crippen molar-refractivity contribution in [2.24, 2.45) is 5.92 Å². The van der Waals surface area contributed by atoms with Crippen LogP contribution in [0.1, 0.15) is 62.3 Å². The summed E-state index contributed by atoms with van der Waals surface area (Å²) in [5, 5.41) is 0.577. The van der Waals surface area contributed by atoms with E-state index in [2.05, 4.69) is 9.80 Å². The van der Waals surface area contributed by atoms with Crippen molar-refractivity contribution >= 4 is 34.8 Å². The van der Waals surface area contributed by atoms with Crippen molar-refractivity contribution in [3.63, 3.8) is 0 Å². The summed E-state index contributed by atoms with van der Waals surface area (Å²) in [7, 11) is 5.46. The second-order valence-corrected chi connectivity index (χ2v) is 14.2. The summed E-state index contributed by atoms with van der Waals surface area (Å²) in [6.07, 6.45) is 4.31. The number of hydrogen-bond acceptors (Lipinski definition) is 6. The molecule has 1 saturated carbocycles. The molecule has 2 aliphatic heterocycles. The van der Waals surface area contributed by atoms with E-state index in [1.54, 1.807) is 36.3 Å². The van der Waals surface area contributed by atoms with Gasteiger partial charge in [-0.15, -0.1) is 0 Å². The Kier molecular flexibility index (Phi) is 10.2. The SMILES string of the molecule is COc1cc2c(cc1OC(C)C)[C@H](c1ccc(Cl)cc1)N(c1ccc(N(C)C[C@H]3CC[C@H](N4CCN(C)C(=O)C4)CC3)cc1F)C(=O)C2. The molecule has 2 amide bonds. The van der Waals surface area contributed by atoms with Crippen molar-refractivity contribution in [1.82, 2.24) is 9.80 Å². The van der Waals surface area contributed by atoms with Gasteiger partial charge in [0.2, 0.25) is 11.8 Å². The summed E-state index contributed by atoms with van der Waals surface area (Å²) in [4.78, 5) is 34.0. The van der Waals surface area contributed by atoms with Crippen LogP contribution in [-0.2, 0) is 16.0 Å². The number of methoxy groups -OCH3 is 1. The van der Waals surface area contributed by atoms with Gasteiger partial charge in [0.15, 0.2) is 11.5 Å². The number of benzene rings is 3. The number of halogens is 2. The van der Waals surface area contributed by atoms with E-state index in [4.69, 9.17) is 21.1 Å². The van der Waals surface area contributed by atoms with Crippen molar-refractivity contribution in [3.8, 4) is 11.5 Å². The summed E-state index contributed by atoms with van der Waals surface area (Å²) >= 11 is 6.25. The average Bonchev–Trinajstić information content (AvgIpc) is 3.06. The Bertz CT molecular complexity index is 1640. The first-order valence-electron chi connectivity index (χ1n) is 17.0. The van der Waals surface area contributed by atoms with Crippen LogP contribution < -0.4 is 19.3 Å². The highest BCUT2D eigenvalue weighted by Crippen LogP contribution is 2.45. The minimum absolute atomic E-state index is 0.0908. The van der Waals surface area contributed by atoms with E-state index < -0.39 is 11.9 Å². The molecular weight excluding hydrogens is 631 g/mol. The van der Waals surface area contributed by atoms with Crippen molar-refractivity contribution in [2.45, 2.75) is 64.1 Å². The number of carbonyl (C=O) groups is 2. The molecule has 10 heteroatoms. The molecular formula is C38H46ClFN4O4. The summed E-state index contributed by atoms with van der Waals surface area (Å²) in [6, 6.07) is 16.1. The van der Waals surface area contributed by atoms with Crippen LogP contribution in [0.3, 0.4) is 0 Å². The number of nitrogens with zero attached hydrogens (tertiary/aromatic N) is 4. The predicted octanol–water partition coefficient (Wildman–Crippen LogP) is 6.72. The maximum absolute atomic E-state index is 16.2. The molecule has 8 nitrogen and oxygen atoms in total. The Morgan fingerprint density at radius 1 is 0.958 bits per heavy atom. The van der Waals surface area contributed by atoms with Gasteiger partial charge in [-0.3, -0.25) is 19.4 Å². The topological polar surface area (TPSA) is 65.6 Å². The summed E-state index contributed by atoms with van der Waals surface area (Å²) < 4.78 is 28.0. The van der Waals surface area contributed by atoms with Gasteiger partial charge in [-0.05, 0) is 105 Å². The third kappa shape index (κ3) is 7.13. The van der Waals surface area contributed by atoms with E-state index >= 15 is 4.39 Å². The molecule has 3 aromatic carbocycles. The number of carbonyl (C=O) groups excluding carboxylic acids is 2. The molecule has 2 fully saturated rings. The molecule has 2 heterocycles. The van der Waals surface area contributed by atoms with Crippen LogP contribution in [0.4, 0.5) is 15.8 Å². The Morgan fingerprint density at radius 2 is 1.69 bits per heavy atom. The van der Waals surface area contributed by atoms with Crippen LogP contribution in [0.2, 0.25) is 5.02 Å². The number of ether oxygens (including phenoxy) is 2. The zero-order chi connectivity index (χ0) is 34.1. The maximum Gasteiger partial charge on any atom is 0.236 e. The van der Waals surface area contributed by atoms with Gasteiger partial charge in [-0.2, -0.15) is 0 Å². The standard InChI is InChI=1S/C38H46ClFN4O4/c1-24(2)48-35-21-31-27(18-34(35)47-5)19-36(45)44(38(31)26-8-10-28(39)11-9-26)33-15-14-30(20-32(33)40)42(4)22-25-6-12-29(13-7-25)43-17-16-41(3)37(46)23-43/h8-11,14-15,18,20-21,24-25,29,38H,6-7,12-13,16-17,19,22-23H2,1-5H3/t25-,29-,38-/m0/s1. The molecule has 1 aliphatic carbocycles. The van der Waals surface area contributed by atoms with Gasteiger partial charge >= 0.3 is 0 Å². The third-order valence-electron chi connectivity index (χ3n) is 10.1. The Labute approximate surface area is 288 Å². The van der Waals surface area contributed by atoms with E-state index in [0.717, 1.165) is 67.7 Å². The predicted molar refractivity (Wildman–Crippen MR) is 188 cm³/mol. The van der Waals surface area contributed by atoms with Crippen molar-refractivity contribution in [1.29, 1.82) is 0 Å². The van der Waals surface area contributed by atoms with Crippen LogP contribution in [0.25, 0.3) is 0 Å². The largest absolute Gasteiger partial charge is 0.493 e. The van der Waals surface area contributed by atoms with E-state index in [0.29, 0.717) is 35.0 Å². The zero-order valence-corrected chi connectivity index (χ0v) is 29.3. The third-order valence-corrected chi connectivity index (χ3v) is 10.4. The summed E-state index contributed by atoms with van der Waals surface area (Å²) in [5.74, 6) is 1.16. The van der Waals surface area contributed by atoms with E-state index in [9.17, 15) is 9.59 Å². The van der Waals surface area contributed by atoms with E-state index in [1.807, 2.05) is 63.2 Å². The molecule has 6 rings (SSSR count). The van der Waals surface area contributed by atoms with Gasteiger partial charge in [-0.1, -0.05) is 23.7 Å². The van der Waals surface area contributed by atoms with Gasteiger partial charge in [0, 0.05) is 50.5 Å². The smallest absolute Gasteiger partial charge is 0.236 e. The number of hydrogen-bond donors (Lipinski definition) is 0. The van der Waals surface area contributed by atoms with Gasteiger partial charge in [0.05, 0.1) is 37.9 Å². The first-order chi connectivity index (χ1) is 23.0.